The molecule has 4 amide bonds. The molecule has 0 heterocycles. The predicted octanol–water partition coefficient (Wildman–Crippen LogP) is 4.77. The Morgan fingerprint density at radius 3 is 2.29 bits per heavy atom. The summed E-state index contributed by atoms with van der Waals surface area (Å²) in [4.78, 5) is 54.2. The van der Waals surface area contributed by atoms with E-state index in [-0.39, 0.29) is 30.2 Å². The van der Waals surface area contributed by atoms with Gasteiger partial charge in [0.2, 0.25) is 11.8 Å². The quantitative estimate of drug-likeness (QED) is 0.274. The average molecular weight is 575 g/mol. The molecule has 0 aromatic heterocycles. The van der Waals surface area contributed by atoms with E-state index in [1.165, 1.54) is 11.0 Å². The minimum absolute atomic E-state index is 0.0869. The molecule has 0 radical (unpaired) electrons. The molecule has 0 saturated heterocycles. The fourth-order valence-corrected chi connectivity index (χ4v) is 4.97. The number of ether oxygens (including phenoxy) is 1. The van der Waals surface area contributed by atoms with Gasteiger partial charge in [0.1, 0.15) is 23.4 Å². The number of para-hydroxylation sites is 1. The van der Waals surface area contributed by atoms with E-state index in [2.05, 4.69) is 10.6 Å². The maximum absolute atomic E-state index is 14.3. The van der Waals surface area contributed by atoms with Gasteiger partial charge in [0.25, 0.3) is 5.91 Å². The molecule has 0 aliphatic heterocycles. The van der Waals surface area contributed by atoms with Crippen LogP contribution in [0.3, 0.4) is 0 Å². The number of hydrogen-bond acceptors (Lipinski definition) is 6. The number of nitrogens with zero attached hydrogens (tertiary/aromatic N) is 1. The number of hydrogen-bond donors (Lipinski definition) is 4. The van der Waals surface area contributed by atoms with Crippen LogP contribution in [0.2, 0.25) is 0 Å². The highest BCUT2D eigenvalue weighted by atomic mass is 16.6. The van der Waals surface area contributed by atoms with E-state index in [9.17, 15) is 24.3 Å². The zero-order valence-corrected chi connectivity index (χ0v) is 24.1. The lowest BCUT2D eigenvalue weighted by Gasteiger charge is -2.43. The van der Waals surface area contributed by atoms with Crippen molar-refractivity contribution in [2.24, 2.45) is 5.73 Å². The molecule has 0 spiro atoms. The minimum atomic E-state index is -1.23. The van der Waals surface area contributed by atoms with Crippen LogP contribution in [0.25, 0.3) is 10.8 Å². The third kappa shape index (κ3) is 7.57. The fraction of sp³-hybridized carbons (Fsp3) is 0.375. The number of carbonyl (C=O) groups is 4. The van der Waals surface area contributed by atoms with Gasteiger partial charge in [-0.25, -0.2) is 4.79 Å². The summed E-state index contributed by atoms with van der Waals surface area (Å²) in [5, 5.41) is 18.3. The van der Waals surface area contributed by atoms with Crippen molar-refractivity contribution in [1.29, 1.82) is 0 Å². The molecule has 222 valence electrons. The molecule has 1 fully saturated rings. The van der Waals surface area contributed by atoms with Crippen LogP contribution in [0, 0.1) is 0 Å². The average Bonchev–Trinajstić information content (AvgIpc) is 2.89. The lowest BCUT2D eigenvalue weighted by atomic mass is 9.87. The molecule has 3 aromatic carbocycles. The molecule has 2 unspecified atom stereocenters. The van der Waals surface area contributed by atoms with Gasteiger partial charge in [-0.3, -0.25) is 14.4 Å². The summed E-state index contributed by atoms with van der Waals surface area (Å²) in [5.74, 6) is -1.89. The number of phenols is 1. The van der Waals surface area contributed by atoms with Crippen LogP contribution in [0.15, 0.2) is 66.7 Å². The van der Waals surface area contributed by atoms with Crippen LogP contribution in [-0.2, 0) is 19.1 Å². The number of primary amides is 1. The molecule has 1 aliphatic carbocycles. The lowest BCUT2D eigenvalue weighted by Crippen LogP contribution is -2.57. The number of phenolic OH excluding ortho intramolecular Hbond substituents is 1. The Hall–Kier alpha value is -4.60. The van der Waals surface area contributed by atoms with E-state index >= 15 is 0 Å². The molecule has 10 nitrogen and oxygen atoms in total. The summed E-state index contributed by atoms with van der Waals surface area (Å²) in [6.07, 6.45) is 1.02. The normalized spacial score (nSPS) is 14.7. The fourth-order valence-electron chi connectivity index (χ4n) is 4.97. The summed E-state index contributed by atoms with van der Waals surface area (Å²) >= 11 is 0. The minimum Gasteiger partial charge on any atom is -0.508 e. The van der Waals surface area contributed by atoms with E-state index in [0.29, 0.717) is 18.5 Å². The number of amides is 4. The van der Waals surface area contributed by atoms with Crippen LogP contribution in [0.5, 0.6) is 5.75 Å². The molecule has 2 atom stereocenters. The second-order valence-electron chi connectivity index (χ2n) is 11.5. The van der Waals surface area contributed by atoms with E-state index in [1.807, 2.05) is 36.4 Å². The second-order valence-corrected chi connectivity index (χ2v) is 11.5. The number of benzene rings is 3. The molecule has 5 N–H and O–H groups in total. The number of aromatic hydroxyl groups is 1. The molecule has 3 aromatic rings. The number of nitrogens with one attached hydrogen (secondary N) is 2. The van der Waals surface area contributed by atoms with Crippen molar-refractivity contribution in [3.8, 4) is 5.75 Å². The van der Waals surface area contributed by atoms with Gasteiger partial charge in [0.15, 0.2) is 0 Å². The highest BCUT2D eigenvalue weighted by Crippen LogP contribution is 2.37. The van der Waals surface area contributed by atoms with Gasteiger partial charge in [0, 0.05) is 23.7 Å². The summed E-state index contributed by atoms with van der Waals surface area (Å²) in [6.45, 7) is 5.08. The molecule has 1 saturated carbocycles. The smallest absolute Gasteiger partial charge is 0.408 e. The number of nitrogens with two attached hydrogens (primary N) is 1. The molecule has 4 rings (SSSR count). The first-order chi connectivity index (χ1) is 19.9. The Morgan fingerprint density at radius 1 is 1.00 bits per heavy atom. The van der Waals surface area contributed by atoms with Gasteiger partial charge in [-0.15, -0.1) is 0 Å². The van der Waals surface area contributed by atoms with Crippen molar-refractivity contribution in [3.05, 3.63) is 72.3 Å². The van der Waals surface area contributed by atoms with E-state index in [4.69, 9.17) is 10.5 Å². The van der Waals surface area contributed by atoms with Crippen molar-refractivity contribution in [2.45, 2.75) is 76.6 Å². The summed E-state index contributed by atoms with van der Waals surface area (Å²) in [5.41, 5.74) is 5.32. The van der Waals surface area contributed by atoms with Crippen LogP contribution in [-0.4, -0.2) is 51.5 Å². The number of alkyl carbamates (subject to hydrolysis) is 1. The molecule has 10 heteroatoms. The number of anilines is 1. The van der Waals surface area contributed by atoms with Crippen molar-refractivity contribution < 1.29 is 29.0 Å². The predicted molar refractivity (Wildman–Crippen MR) is 159 cm³/mol. The lowest BCUT2D eigenvalue weighted by molar-refractivity contribution is -0.146. The van der Waals surface area contributed by atoms with Crippen molar-refractivity contribution in [2.75, 3.05) is 5.32 Å². The third-order valence-corrected chi connectivity index (χ3v) is 7.17. The van der Waals surface area contributed by atoms with Gasteiger partial charge in [-0.2, -0.15) is 0 Å². The van der Waals surface area contributed by atoms with Gasteiger partial charge < -0.3 is 31.1 Å². The van der Waals surface area contributed by atoms with E-state index < -0.39 is 41.5 Å². The first kappa shape index (κ1) is 30.4. The topological polar surface area (TPSA) is 151 Å². The monoisotopic (exact) mass is 574 g/mol. The summed E-state index contributed by atoms with van der Waals surface area (Å²) < 4.78 is 5.38. The van der Waals surface area contributed by atoms with Crippen molar-refractivity contribution in [3.63, 3.8) is 0 Å². The summed E-state index contributed by atoms with van der Waals surface area (Å²) in [7, 11) is 0. The zero-order valence-electron chi connectivity index (χ0n) is 24.1. The molecular weight excluding hydrogens is 536 g/mol. The Balaban J connectivity index is 1.72. The van der Waals surface area contributed by atoms with Gasteiger partial charge >= 0.3 is 6.09 Å². The SMILES string of the molecule is CC(C)(C)OC(=O)NC(CCC(N)=O)C(=O)N(C1CCC1)C(C(=O)Nc1ccc2ccccc2c1)c1ccccc1O. The maximum Gasteiger partial charge on any atom is 0.408 e. The van der Waals surface area contributed by atoms with Gasteiger partial charge in [-0.1, -0.05) is 48.5 Å². The molecule has 42 heavy (non-hydrogen) atoms. The maximum atomic E-state index is 14.3. The van der Waals surface area contributed by atoms with Gasteiger partial charge in [0.05, 0.1) is 0 Å². The molecular formula is C32H38N4O6. The number of fused-ring (bicyclic) bond motifs is 1. The van der Waals surface area contributed by atoms with Gasteiger partial charge in [-0.05, 0) is 75.4 Å². The van der Waals surface area contributed by atoms with Crippen LogP contribution in [0.1, 0.15) is 64.5 Å². The highest BCUT2D eigenvalue weighted by Gasteiger charge is 2.43. The first-order valence-electron chi connectivity index (χ1n) is 14.1. The molecule has 0 bridgehead atoms. The largest absolute Gasteiger partial charge is 0.508 e. The Labute approximate surface area is 245 Å². The van der Waals surface area contributed by atoms with Crippen molar-refractivity contribution in [1.82, 2.24) is 10.2 Å². The third-order valence-electron chi connectivity index (χ3n) is 7.17. The first-order valence-corrected chi connectivity index (χ1v) is 14.1. The Kier molecular flexibility index (Phi) is 9.35. The Bertz CT molecular complexity index is 1460. The number of rotatable bonds is 10. The summed E-state index contributed by atoms with van der Waals surface area (Å²) in [6, 6.07) is 16.8. The second kappa shape index (κ2) is 12.9. The Morgan fingerprint density at radius 2 is 1.67 bits per heavy atom. The van der Waals surface area contributed by atoms with Crippen LogP contribution in [0.4, 0.5) is 10.5 Å². The van der Waals surface area contributed by atoms with Crippen LogP contribution < -0.4 is 16.4 Å². The zero-order chi connectivity index (χ0) is 30.4. The highest BCUT2D eigenvalue weighted by molar-refractivity contribution is 6.01. The van der Waals surface area contributed by atoms with E-state index in [1.54, 1.807) is 45.0 Å². The van der Waals surface area contributed by atoms with Crippen molar-refractivity contribution >= 4 is 40.3 Å². The van der Waals surface area contributed by atoms with E-state index in [0.717, 1.165) is 17.2 Å². The standard InChI is InChI=1S/C32H38N4O6/c1-32(2,3)42-31(41)35-25(17-18-27(33)38)30(40)36(23-11-8-12-23)28(24-13-6-7-14-26(24)37)29(39)34-22-16-15-20-9-4-5-10-21(20)19-22/h4-7,9-10,13-16,19,23,25,28,37H,8,11-12,17-18H2,1-3H3,(H2,33,38)(H,34,39)(H,35,41). The van der Waals surface area contributed by atoms with Crippen LogP contribution >= 0.6 is 0 Å². The molecule has 1 aliphatic rings. The number of carbonyl (C=O) groups excluding carboxylic acids is 4.